The van der Waals surface area contributed by atoms with Gasteiger partial charge in [-0.15, -0.1) is 0 Å². The molecule has 0 aliphatic rings. The predicted octanol–water partition coefficient (Wildman–Crippen LogP) is 23.2. The van der Waals surface area contributed by atoms with E-state index in [1.165, 1.54) is 161 Å². The molecule has 1 atom stereocenters. The van der Waals surface area contributed by atoms with Crippen molar-refractivity contribution in [1.82, 2.24) is 0 Å². The molecule has 6 nitrogen and oxygen atoms in total. The fraction of sp³-hybridized carbons (Fsp3) is 0.740. The summed E-state index contributed by atoms with van der Waals surface area (Å²) in [7, 11) is 0. The first kappa shape index (κ1) is 75.3. The molecule has 0 aliphatic carbocycles. The van der Waals surface area contributed by atoms with E-state index in [1.54, 1.807) is 0 Å². The number of unbranched alkanes of at least 4 members (excludes halogenated alkanes) is 34. The van der Waals surface area contributed by atoms with E-state index in [0.29, 0.717) is 19.3 Å². The summed E-state index contributed by atoms with van der Waals surface area (Å²) in [5.74, 6) is -0.913. The van der Waals surface area contributed by atoms with Crippen molar-refractivity contribution in [2.75, 3.05) is 13.2 Å². The second-order valence-corrected chi connectivity index (χ2v) is 22.4. The van der Waals surface area contributed by atoms with Gasteiger partial charge >= 0.3 is 17.9 Å². The van der Waals surface area contributed by atoms with Crippen LogP contribution in [0.1, 0.15) is 329 Å². The molecule has 0 saturated heterocycles. The molecule has 6 heteroatoms. The third-order valence-electron chi connectivity index (χ3n) is 14.6. The van der Waals surface area contributed by atoms with Gasteiger partial charge < -0.3 is 14.2 Å². The van der Waals surface area contributed by atoms with E-state index in [9.17, 15) is 14.4 Å². The topological polar surface area (TPSA) is 78.9 Å². The van der Waals surface area contributed by atoms with Crippen LogP contribution in [0.2, 0.25) is 0 Å². The molecule has 0 rings (SSSR count). The van der Waals surface area contributed by atoms with Crippen molar-refractivity contribution in [3.8, 4) is 0 Å². The fourth-order valence-corrected chi connectivity index (χ4v) is 9.58. The molecular formula is C73H126O6. The highest BCUT2D eigenvalue weighted by Gasteiger charge is 2.19. The van der Waals surface area contributed by atoms with E-state index in [-0.39, 0.29) is 31.1 Å². The van der Waals surface area contributed by atoms with E-state index in [2.05, 4.69) is 118 Å². The van der Waals surface area contributed by atoms with Gasteiger partial charge in [0.15, 0.2) is 6.10 Å². The van der Waals surface area contributed by atoms with Crippen LogP contribution in [-0.2, 0) is 28.6 Å². The van der Waals surface area contributed by atoms with E-state index < -0.39 is 6.10 Å². The Morgan fingerprint density at radius 1 is 0.266 bits per heavy atom. The van der Waals surface area contributed by atoms with Crippen LogP contribution >= 0.6 is 0 Å². The molecule has 0 N–H and O–H groups in total. The summed E-state index contributed by atoms with van der Waals surface area (Å²) >= 11 is 0. The Morgan fingerprint density at radius 3 is 0.772 bits per heavy atom. The average molecular weight is 1100 g/mol. The molecule has 0 aromatic heterocycles. The van der Waals surface area contributed by atoms with E-state index >= 15 is 0 Å². The van der Waals surface area contributed by atoms with Crippen LogP contribution in [0.15, 0.2) is 97.2 Å². The zero-order valence-electron chi connectivity index (χ0n) is 52.1. The van der Waals surface area contributed by atoms with Gasteiger partial charge in [-0.2, -0.15) is 0 Å². The van der Waals surface area contributed by atoms with Crippen molar-refractivity contribution >= 4 is 17.9 Å². The number of ether oxygens (including phenoxy) is 3. The summed E-state index contributed by atoms with van der Waals surface area (Å²) in [6, 6.07) is 0. The SMILES string of the molecule is CC/C=C\C/C=C\C/C=C\C/C=C\C/C=C\C/C=C\C/C=C\C/C=C\CCCCCCC(=O)OCC(COC(=O)CCCCCCC)OC(=O)CCCCCCCCCCCCCCCCCCCCCCCCCCCCC. The van der Waals surface area contributed by atoms with Crippen molar-refractivity contribution in [3.63, 3.8) is 0 Å². The second kappa shape index (κ2) is 66.8. The first-order valence-corrected chi connectivity index (χ1v) is 33.7. The molecular weight excluding hydrogens is 973 g/mol. The van der Waals surface area contributed by atoms with Gasteiger partial charge in [0.1, 0.15) is 13.2 Å². The molecule has 0 spiro atoms. The number of carbonyl (C=O) groups is 3. The molecule has 0 bridgehead atoms. The molecule has 1 unspecified atom stereocenters. The van der Waals surface area contributed by atoms with Crippen LogP contribution in [0.3, 0.4) is 0 Å². The number of allylic oxidation sites excluding steroid dienone is 16. The third kappa shape index (κ3) is 65.0. The molecule has 79 heavy (non-hydrogen) atoms. The largest absolute Gasteiger partial charge is 0.462 e. The van der Waals surface area contributed by atoms with Gasteiger partial charge in [-0.05, 0) is 83.5 Å². The molecule has 0 fully saturated rings. The lowest BCUT2D eigenvalue weighted by molar-refractivity contribution is -0.167. The van der Waals surface area contributed by atoms with Crippen molar-refractivity contribution in [2.24, 2.45) is 0 Å². The van der Waals surface area contributed by atoms with Gasteiger partial charge in [0.2, 0.25) is 0 Å². The van der Waals surface area contributed by atoms with Gasteiger partial charge in [-0.25, -0.2) is 0 Å². The summed E-state index contributed by atoms with van der Waals surface area (Å²) in [6.45, 7) is 6.46. The zero-order valence-corrected chi connectivity index (χ0v) is 52.1. The second-order valence-electron chi connectivity index (χ2n) is 22.4. The minimum atomic E-state index is -0.785. The Morgan fingerprint density at radius 2 is 0.494 bits per heavy atom. The molecule has 0 radical (unpaired) electrons. The Bertz CT molecular complexity index is 1540. The number of hydrogen-bond donors (Lipinski definition) is 0. The van der Waals surface area contributed by atoms with Gasteiger partial charge in [-0.3, -0.25) is 14.4 Å². The zero-order chi connectivity index (χ0) is 57.1. The molecule has 454 valence electrons. The van der Waals surface area contributed by atoms with Crippen LogP contribution in [0.4, 0.5) is 0 Å². The summed E-state index contributed by atoms with van der Waals surface area (Å²) in [5.41, 5.74) is 0. The third-order valence-corrected chi connectivity index (χ3v) is 14.6. The Balaban J connectivity index is 4.07. The quantitative estimate of drug-likeness (QED) is 0.0261. The summed E-state index contributed by atoms with van der Waals surface area (Å²) in [4.78, 5) is 38.0. The lowest BCUT2D eigenvalue weighted by Gasteiger charge is -2.18. The van der Waals surface area contributed by atoms with Crippen LogP contribution < -0.4 is 0 Å². The minimum absolute atomic E-state index is 0.0842. The maximum absolute atomic E-state index is 12.8. The molecule has 0 aromatic rings. The first-order valence-electron chi connectivity index (χ1n) is 33.7. The first-order chi connectivity index (χ1) is 39.0. The number of rotatable bonds is 61. The van der Waals surface area contributed by atoms with Gasteiger partial charge in [-0.1, -0.05) is 323 Å². The predicted molar refractivity (Wildman–Crippen MR) is 344 cm³/mol. The highest BCUT2D eigenvalue weighted by molar-refractivity contribution is 5.71. The fourth-order valence-electron chi connectivity index (χ4n) is 9.58. The molecule has 0 aliphatic heterocycles. The Hall–Kier alpha value is -3.67. The monoisotopic (exact) mass is 1100 g/mol. The Labute approximate surface area is 489 Å². The number of carbonyl (C=O) groups excluding carboxylic acids is 3. The van der Waals surface area contributed by atoms with Crippen LogP contribution in [0, 0.1) is 0 Å². The van der Waals surface area contributed by atoms with Crippen LogP contribution in [0.5, 0.6) is 0 Å². The van der Waals surface area contributed by atoms with Crippen molar-refractivity contribution < 1.29 is 28.6 Å². The minimum Gasteiger partial charge on any atom is -0.462 e. The molecule has 0 aromatic carbocycles. The van der Waals surface area contributed by atoms with Crippen molar-refractivity contribution in [2.45, 2.75) is 335 Å². The van der Waals surface area contributed by atoms with Crippen LogP contribution in [-0.4, -0.2) is 37.2 Å². The van der Waals surface area contributed by atoms with E-state index in [0.717, 1.165) is 128 Å². The summed E-state index contributed by atoms with van der Waals surface area (Å²) in [6.07, 6.45) is 90.5. The smallest absolute Gasteiger partial charge is 0.306 e. The Kier molecular flexibility index (Phi) is 63.7. The number of esters is 3. The van der Waals surface area contributed by atoms with Gasteiger partial charge in [0.25, 0.3) is 0 Å². The van der Waals surface area contributed by atoms with Crippen molar-refractivity contribution in [1.29, 1.82) is 0 Å². The average Bonchev–Trinajstić information content (AvgIpc) is 3.45. The lowest BCUT2D eigenvalue weighted by atomic mass is 10.0. The lowest BCUT2D eigenvalue weighted by Crippen LogP contribution is -2.30. The summed E-state index contributed by atoms with van der Waals surface area (Å²) in [5, 5.41) is 0. The van der Waals surface area contributed by atoms with Crippen molar-refractivity contribution in [3.05, 3.63) is 97.2 Å². The number of hydrogen-bond acceptors (Lipinski definition) is 6. The highest BCUT2D eigenvalue weighted by atomic mass is 16.6. The standard InChI is InChI=1S/C73H126O6/c1-4-7-10-13-15-17-19-21-23-25-27-29-31-33-35-36-38-39-41-43-45-47-49-51-53-55-57-60-63-66-72(75)78-69-70(68-77-71(74)65-62-59-12-9-6-3)79-73(76)67-64-61-58-56-54-52-50-48-46-44-42-40-37-34-32-30-28-26-24-22-20-18-16-14-11-8-5-2/h7,10,15,17,21,23,27,29,33,35,38-39,43,45,49,51,70H,4-6,8-9,11-14,16,18-20,22,24-26,28,30-32,34,36-37,40-42,44,46-48,50,52-69H2,1-3H3/b10-7-,17-15-,23-21-,29-27-,35-33-,39-38-,45-43-,51-49-. The maximum atomic E-state index is 12.8. The van der Waals surface area contributed by atoms with E-state index in [1.807, 2.05) is 0 Å². The maximum Gasteiger partial charge on any atom is 0.306 e. The molecule has 0 saturated carbocycles. The van der Waals surface area contributed by atoms with Gasteiger partial charge in [0.05, 0.1) is 0 Å². The molecule has 0 amide bonds. The van der Waals surface area contributed by atoms with Gasteiger partial charge in [0, 0.05) is 19.3 Å². The summed E-state index contributed by atoms with van der Waals surface area (Å²) < 4.78 is 16.8. The molecule has 0 heterocycles. The van der Waals surface area contributed by atoms with E-state index in [4.69, 9.17) is 14.2 Å². The highest BCUT2D eigenvalue weighted by Crippen LogP contribution is 2.17. The van der Waals surface area contributed by atoms with Crippen LogP contribution in [0.25, 0.3) is 0 Å². The normalized spacial score (nSPS) is 12.7.